The van der Waals surface area contributed by atoms with Gasteiger partial charge in [-0.15, -0.1) is 4.57 Å². The van der Waals surface area contributed by atoms with Crippen LogP contribution in [0.1, 0.15) is 21.7 Å². The Hall–Kier alpha value is -4.07. The fourth-order valence-corrected chi connectivity index (χ4v) is 3.78. The lowest BCUT2D eigenvalue weighted by molar-refractivity contribution is -0.570. The predicted molar refractivity (Wildman–Crippen MR) is 110 cm³/mol. The summed E-state index contributed by atoms with van der Waals surface area (Å²) in [7, 11) is 1.80. The third kappa shape index (κ3) is 2.65. The normalized spacial score (nSPS) is 11.4. The molecular weight excluding hydrogens is 380 g/mol. The van der Waals surface area contributed by atoms with Gasteiger partial charge in [0.15, 0.2) is 29.3 Å². The van der Waals surface area contributed by atoms with E-state index in [0.717, 1.165) is 5.56 Å². The third-order valence-corrected chi connectivity index (χ3v) is 5.22. The van der Waals surface area contributed by atoms with Gasteiger partial charge < -0.3 is 4.57 Å². The highest BCUT2D eigenvalue weighted by Crippen LogP contribution is 2.16. The molecule has 8 nitrogen and oxygen atoms in total. The Kier molecular flexibility index (Phi) is 4.06. The average molecular weight is 399 g/mol. The van der Waals surface area contributed by atoms with E-state index in [2.05, 4.69) is 9.97 Å². The fraction of sp³-hybridized carbons (Fsp3) is 0.136. The van der Waals surface area contributed by atoms with Crippen LogP contribution in [0.5, 0.6) is 0 Å². The standard InChI is InChI=1S/C22H19N6O2/c1-15-17(20(29)26-11-7-4-8-12-26)28-21(30)18-19(25(2)22(28)24-15)23-14-27(18)13-16-9-5-3-6-10-16/h3-12,14H,13H2,1-2H3/q+1. The number of nitrogens with zero attached hydrogens (tertiary/aromatic N) is 6. The van der Waals surface area contributed by atoms with Gasteiger partial charge in [0.25, 0.3) is 5.56 Å². The van der Waals surface area contributed by atoms with Crippen LogP contribution in [0.2, 0.25) is 0 Å². The number of benzene rings is 1. The molecule has 148 valence electrons. The topological polar surface area (TPSA) is 78.1 Å². The summed E-state index contributed by atoms with van der Waals surface area (Å²) in [5, 5.41) is 0. The van der Waals surface area contributed by atoms with E-state index >= 15 is 0 Å². The second kappa shape index (κ2) is 6.77. The van der Waals surface area contributed by atoms with Gasteiger partial charge in [0, 0.05) is 25.7 Å². The Morgan fingerprint density at radius 3 is 2.50 bits per heavy atom. The molecule has 0 aliphatic rings. The number of hydrogen-bond donors (Lipinski definition) is 0. The highest BCUT2D eigenvalue weighted by molar-refractivity contribution is 5.88. The third-order valence-electron chi connectivity index (χ3n) is 5.22. The molecule has 0 aliphatic carbocycles. The lowest BCUT2D eigenvalue weighted by Crippen LogP contribution is -2.43. The molecule has 0 amide bonds. The molecule has 0 radical (unpaired) electrons. The van der Waals surface area contributed by atoms with Gasteiger partial charge in [0.05, 0.1) is 12.0 Å². The van der Waals surface area contributed by atoms with Crippen LogP contribution in [0, 0.1) is 6.92 Å². The summed E-state index contributed by atoms with van der Waals surface area (Å²) in [4.78, 5) is 35.7. The molecule has 8 heteroatoms. The number of pyridine rings is 1. The molecule has 0 aliphatic heterocycles. The molecular formula is C22H19N6O2+. The number of hydrogen-bond acceptors (Lipinski definition) is 4. The smallest absolute Gasteiger partial charge is 0.320 e. The number of aromatic nitrogens is 6. The summed E-state index contributed by atoms with van der Waals surface area (Å²) in [6.45, 7) is 2.24. The summed E-state index contributed by atoms with van der Waals surface area (Å²) in [5.74, 6) is 0.0704. The Morgan fingerprint density at radius 2 is 1.77 bits per heavy atom. The van der Waals surface area contributed by atoms with E-state index in [1.54, 1.807) is 49.4 Å². The van der Waals surface area contributed by atoms with Crippen molar-refractivity contribution in [2.75, 3.05) is 0 Å². The molecule has 0 saturated heterocycles. The zero-order valence-electron chi connectivity index (χ0n) is 16.6. The zero-order chi connectivity index (χ0) is 20.8. The summed E-state index contributed by atoms with van der Waals surface area (Å²) < 4.78 is 6.40. The van der Waals surface area contributed by atoms with Gasteiger partial charge in [0.2, 0.25) is 5.78 Å². The molecule has 4 aromatic heterocycles. The molecule has 4 heterocycles. The first-order valence-corrected chi connectivity index (χ1v) is 9.54. The van der Waals surface area contributed by atoms with Crippen molar-refractivity contribution >= 4 is 22.8 Å². The summed E-state index contributed by atoms with van der Waals surface area (Å²) in [6.07, 6.45) is 4.96. The van der Waals surface area contributed by atoms with E-state index in [4.69, 9.17) is 0 Å². The molecule has 0 unspecified atom stereocenters. The van der Waals surface area contributed by atoms with Crippen molar-refractivity contribution in [3.63, 3.8) is 0 Å². The minimum Gasteiger partial charge on any atom is -0.320 e. The molecule has 0 saturated carbocycles. The molecule has 0 N–H and O–H groups in total. The van der Waals surface area contributed by atoms with Gasteiger partial charge in [-0.3, -0.25) is 9.36 Å². The van der Waals surface area contributed by atoms with E-state index in [1.807, 2.05) is 41.0 Å². The molecule has 1 aromatic carbocycles. The molecule has 30 heavy (non-hydrogen) atoms. The first-order chi connectivity index (χ1) is 14.6. The van der Waals surface area contributed by atoms with Crippen LogP contribution in [0.3, 0.4) is 0 Å². The lowest BCUT2D eigenvalue weighted by atomic mass is 10.2. The Morgan fingerprint density at radius 1 is 1.07 bits per heavy atom. The number of fused-ring (bicyclic) bond motifs is 2. The minimum absolute atomic E-state index is 0.246. The number of carbonyl (C=O) groups is 1. The van der Waals surface area contributed by atoms with Crippen molar-refractivity contribution in [1.82, 2.24) is 23.5 Å². The average Bonchev–Trinajstić information content (AvgIpc) is 3.34. The van der Waals surface area contributed by atoms with Crippen LogP contribution in [0.4, 0.5) is 0 Å². The highest BCUT2D eigenvalue weighted by atomic mass is 16.2. The number of carbonyl (C=O) groups excluding carboxylic acids is 1. The first kappa shape index (κ1) is 18.0. The molecule has 5 rings (SSSR count). The van der Waals surface area contributed by atoms with Crippen molar-refractivity contribution in [2.24, 2.45) is 7.05 Å². The Balaban J connectivity index is 1.78. The predicted octanol–water partition coefficient (Wildman–Crippen LogP) is 1.72. The quantitative estimate of drug-likeness (QED) is 0.433. The van der Waals surface area contributed by atoms with Gasteiger partial charge in [-0.05, 0) is 12.5 Å². The van der Waals surface area contributed by atoms with Crippen LogP contribution in [-0.4, -0.2) is 29.4 Å². The first-order valence-electron chi connectivity index (χ1n) is 9.54. The Bertz CT molecular complexity index is 1460. The summed E-state index contributed by atoms with van der Waals surface area (Å²) >= 11 is 0. The van der Waals surface area contributed by atoms with E-state index in [-0.39, 0.29) is 17.2 Å². The monoisotopic (exact) mass is 399 g/mol. The van der Waals surface area contributed by atoms with Crippen LogP contribution < -0.4 is 10.1 Å². The zero-order valence-corrected chi connectivity index (χ0v) is 16.6. The van der Waals surface area contributed by atoms with Gasteiger partial charge in [-0.2, -0.15) is 0 Å². The van der Waals surface area contributed by atoms with Crippen LogP contribution in [0.25, 0.3) is 16.9 Å². The van der Waals surface area contributed by atoms with Crippen LogP contribution in [0.15, 0.2) is 72.0 Å². The van der Waals surface area contributed by atoms with Crippen LogP contribution >= 0.6 is 0 Å². The van der Waals surface area contributed by atoms with E-state index < -0.39 is 0 Å². The van der Waals surface area contributed by atoms with E-state index in [9.17, 15) is 9.59 Å². The number of aryl methyl sites for hydroxylation is 2. The molecule has 5 aromatic rings. The maximum absolute atomic E-state index is 13.6. The molecule has 0 atom stereocenters. The Labute approximate surface area is 171 Å². The van der Waals surface area contributed by atoms with Gasteiger partial charge in [-0.1, -0.05) is 36.4 Å². The second-order valence-electron chi connectivity index (χ2n) is 7.16. The fourth-order valence-electron chi connectivity index (χ4n) is 3.78. The maximum atomic E-state index is 13.6. The maximum Gasteiger partial charge on any atom is 0.443 e. The number of imidazole rings is 2. The van der Waals surface area contributed by atoms with Crippen molar-refractivity contribution in [1.29, 1.82) is 0 Å². The minimum atomic E-state index is -0.314. The van der Waals surface area contributed by atoms with Gasteiger partial charge >= 0.3 is 5.91 Å². The number of rotatable bonds is 3. The van der Waals surface area contributed by atoms with Crippen molar-refractivity contribution < 1.29 is 9.36 Å². The van der Waals surface area contributed by atoms with E-state index in [1.165, 1.54) is 8.97 Å². The lowest BCUT2D eigenvalue weighted by Gasteiger charge is -2.07. The molecule has 0 fully saturated rings. The SMILES string of the molecule is Cc1nc2n(C)c3ncn(Cc4ccccc4)c3c(=O)n2c1C(=O)[n+]1ccccc1. The van der Waals surface area contributed by atoms with Crippen LogP contribution in [-0.2, 0) is 13.6 Å². The molecule has 0 bridgehead atoms. The van der Waals surface area contributed by atoms with Gasteiger partial charge in [-0.25, -0.2) is 19.2 Å². The second-order valence-corrected chi connectivity index (χ2v) is 7.16. The van der Waals surface area contributed by atoms with Crippen molar-refractivity contribution in [3.8, 4) is 0 Å². The summed E-state index contributed by atoms with van der Waals surface area (Å²) in [6, 6.07) is 15.2. The summed E-state index contributed by atoms with van der Waals surface area (Å²) in [5.41, 5.74) is 2.43. The highest BCUT2D eigenvalue weighted by Gasteiger charge is 2.29. The largest absolute Gasteiger partial charge is 0.443 e. The molecule has 0 spiro atoms. The van der Waals surface area contributed by atoms with Gasteiger partial charge in [0.1, 0.15) is 0 Å². The van der Waals surface area contributed by atoms with Crippen molar-refractivity contribution in [3.05, 3.63) is 94.6 Å². The van der Waals surface area contributed by atoms with Crippen molar-refractivity contribution in [2.45, 2.75) is 13.5 Å². The van der Waals surface area contributed by atoms with E-state index in [0.29, 0.717) is 29.2 Å².